The Morgan fingerprint density at radius 2 is 2.30 bits per heavy atom. The maximum atomic E-state index is 13.1. The standard InChI is InChI=1S/C18H24N2O2S/c1-4-9-20(13-7-8-19-11-13)18(21)17-12(2)15-10-14(22-3)5-6-16(15)23-17/h5-6,10,13,19H,4,7-9,11H2,1-3H3. The Kier molecular flexibility index (Phi) is 4.87. The molecule has 1 aliphatic heterocycles. The van der Waals surface area contributed by atoms with E-state index in [0.717, 1.165) is 58.8 Å². The fourth-order valence-corrected chi connectivity index (χ4v) is 4.40. The molecular formula is C18H24N2O2S. The van der Waals surface area contributed by atoms with E-state index in [-0.39, 0.29) is 5.91 Å². The van der Waals surface area contributed by atoms with Crippen LogP contribution in [0.3, 0.4) is 0 Å². The number of thiophene rings is 1. The molecule has 1 aromatic heterocycles. The van der Waals surface area contributed by atoms with Crippen LogP contribution in [0.4, 0.5) is 0 Å². The summed E-state index contributed by atoms with van der Waals surface area (Å²) >= 11 is 1.60. The highest BCUT2D eigenvalue weighted by Crippen LogP contribution is 2.34. The van der Waals surface area contributed by atoms with Crippen LogP contribution in [-0.2, 0) is 0 Å². The second-order valence-corrected chi connectivity index (χ2v) is 7.12. The molecule has 3 rings (SSSR count). The predicted molar refractivity (Wildman–Crippen MR) is 95.7 cm³/mol. The number of nitrogens with zero attached hydrogens (tertiary/aromatic N) is 1. The highest BCUT2D eigenvalue weighted by atomic mass is 32.1. The van der Waals surface area contributed by atoms with Gasteiger partial charge in [0.15, 0.2) is 0 Å². The molecule has 5 heteroatoms. The van der Waals surface area contributed by atoms with E-state index < -0.39 is 0 Å². The summed E-state index contributed by atoms with van der Waals surface area (Å²) in [5, 5.41) is 4.49. The van der Waals surface area contributed by atoms with E-state index in [4.69, 9.17) is 4.74 Å². The number of aryl methyl sites for hydroxylation is 1. The van der Waals surface area contributed by atoms with Gasteiger partial charge in [-0.25, -0.2) is 0 Å². The molecule has 23 heavy (non-hydrogen) atoms. The molecule has 0 bridgehead atoms. The summed E-state index contributed by atoms with van der Waals surface area (Å²) in [6, 6.07) is 6.35. The van der Waals surface area contributed by atoms with Gasteiger partial charge in [0.25, 0.3) is 5.91 Å². The van der Waals surface area contributed by atoms with E-state index in [1.807, 2.05) is 25.1 Å². The van der Waals surface area contributed by atoms with E-state index >= 15 is 0 Å². The van der Waals surface area contributed by atoms with Gasteiger partial charge in [-0.1, -0.05) is 6.92 Å². The third-order valence-electron chi connectivity index (χ3n) is 4.54. The summed E-state index contributed by atoms with van der Waals surface area (Å²) in [5.41, 5.74) is 1.07. The molecule has 2 aromatic rings. The number of carbonyl (C=O) groups is 1. The first-order valence-corrected chi connectivity index (χ1v) is 9.06. The van der Waals surface area contributed by atoms with Crippen LogP contribution in [0.1, 0.15) is 35.0 Å². The van der Waals surface area contributed by atoms with Crippen molar-refractivity contribution in [3.05, 3.63) is 28.6 Å². The average molecular weight is 332 g/mol. The van der Waals surface area contributed by atoms with Crippen molar-refractivity contribution >= 4 is 27.3 Å². The number of ether oxygens (including phenoxy) is 1. The minimum Gasteiger partial charge on any atom is -0.497 e. The summed E-state index contributed by atoms with van der Waals surface area (Å²) in [5.74, 6) is 1.01. The average Bonchev–Trinajstić information content (AvgIpc) is 3.20. The maximum absolute atomic E-state index is 13.1. The van der Waals surface area contributed by atoms with Crippen molar-refractivity contribution in [1.82, 2.24) is 10.2 Å². The molecule has 1 aromatic carbocycles. The summed E-state index contributed by atoms with van der Waals surface area (Å²) in [7, 11) is 1.67. The maximum Gasteiger partial charge on any atom is 0.264 e. The second kappa shape index (κ2) is 6.89. The Morgan fingerprint density at radius 1 is 1.48 bits per heavy atom. The number of amides is 1. The van der Waals surface area contributed by atoms with Gasteiger partial charge in [-0.3, -0.25) is 4.79 Å². The number of rotatable bonds is 5. The van der Waals surface area contributed by atoms with Crippen molar-refractivity contribution in [3.63, 3.8) is 0 Å². The van der Waals surface area contributed by atoms with E-state index in [1.54, 1.807) is 18.4 Å². The first kappa shape index (κ1) is 16.3. The summed E-state index contributed by atoms with van der Waals surface area (Å²) in [6.07, 6.45) is 2.03. The number of hydrogen-bond donors (Lipinski definition) is 1. The quantitative estimate of drug-likeness (QED) is 0.912. The SMILES string of the molecule is CCCN(C(=O)c1sc2ccc(OC)cc2c1C)C1CCNC1. The Balaban J connectivity index is 1.96. The summed E-state index contributed by atoms with van der Waals surface area (Å²) < 4.78 is 6.46. The van der Waals surface area contributed by atoms with Gasteiger partial charge in [0.1, 0.15) is 5.75 Å². The zero-order valence-corrected chi connectivity index (χ0v) is 14.8. The lowest BCUT2D eigenvalue weighted by Crippen LogP contribution is -2.42. The van der Waals surface area contributed by atoms with Crippen molar-refractivity contribution in [1.29, 1.82) is 0 Å². The van der Waals surface area contributed by atoms with Crippen LogP contribution in [0.25, 0.3) is 10.1 Å². The molecule has 0 saturated carbocycles. The van der Waals surface area contributed by atoms with Gasteiger partial charge < -0.3 is 15.0 Å². The fourth-order valence-electron chi connectivity index (χ4n) is 3.26. The van der Waals surface area contributed by atoms with Gasteiger partial charge in [-0.05, 0) is 55.5 Å². The Bertz CT molecular complexity index is 704. The highest BCUT2D eigenvalue weighted by Gasteiger charge is 2.29. The molecule has 1 fully saturated rings. The lowest BCUT2D eigenvalue weighted by molar-refractivity contribution is 0.0696. The topological polar surface area (TPSA) is 41.6 Å². The number of hydrogen-bond acceptors (Lipinski definition) is 4. The van der Waals surface area contributed by atoms with Crippen LogP contribution in [0.5, 0.6) is 5.75 Å². The lowest BCUT2D eigenvalue weighted by Gasteiger charge is -2.28. The van der Waals surface area contributed by atoms with Crippen LogP contribution in [0.2, 0.25) is 0 Å². The molecule has 1 amide bonds. The second-order valence-electron chi connectivity index (χ2n) is 6.06. The first-order valence-electron chi connectivity index (χ1n) is 8.24. The van der Waals surface area contributed by atoms with Crippen molar-refractivity contribution < 1.29 is 9.53 Å². The van der Waals surface area contributed by atoms with Crippen LogP contribution >= 0.6 is 11.3 Å². The van der Waals surface area contributed by atoms with Gasteiger partial charge in [0.2, 0.25) is 0 Å². The molecule has 1 atom stereocenters. The minimum atomic E-state index is 0.179. The Morgan fingerprint density at radius 3 is 2.96 bits per heavy atom. The molecule has 0 aliphatic carbocycles. The number of carbonyl (C=O) groups excluding carboxylic acids is 1. The predicted octanol–water partition coefficient (Wildman–Crippen LogP) is 3.43. The lowest BCUT2D eigenvalue weighted by atomic mass is 10.1. The van der Waals surface area contributed by atoms with Gasteiger partial charge in [0, 0.05) is 23.8 Å². The number of benzene rings is 1. The molecule has 2 heterocycles. The molecule has 1 saturated heterocycles. The molecule has 4 nitrogen and oxygen atoms in total. The monoisotopic (exact) mass is 332 g/mol. The Labute approximate surface area is 141 Å². The van der Waals surface area contributed by atoms with Crippen molar-refractivity contribution in [2.75, 3.05) is 26.7 Å². The van der Waals surface area contributed by atoms with E-state index in [0.29, 0.717) is 6.04 Å². The van der Waals surface area contributed by atoms with Gasteiger partial charge in [-0.2, -0.15) is 0 Å². The van der Waals surface area contributed by atoms with E-state index in [9.17, 15) is 4.79 Å². The van der Waals surface area contributed by atoms with Crippen LogP contribution in [-0.4, -0.2) is 43.6 Å². The third-order valence-corrected chi connectivity index (χ3v) is 5.80. The van der Waals surface area contributed by atoms with E-state index in [2.05, 4.69) is 17.1 Å². The third kappa shape index (κ3) is 3.08. The van der Waals surface area contributed by atoms with Crippen molar-refractivity contribution in [2.45, 2.75) is 32.7 Å². The smallest absolute Gasteiger partial charge is 0.264 e. The van der Waals surface area contributed by atoms with Crippen LogP contribution < -0.4 is 10.1 Å². The summed E-state index contributed by atoms with van der Waals surface area (Å²) in [6.45, 7) is 6.90. The molecule has 1 N–H and O–H groups in total. The van der Waals surface area contributed by atoms with Crippen molar-refractivity contribution in [3.8, 4) is 5.75 Å². The number of nitrogens with one attached hydrogen (secondary N) is 1. The highest BCUT2D eigenvalue weighted by molar-refractivity contribution is 7.21. The van der Waals surface area contributed by atoms with Gasteiger partial charge >= 0.3 is 0 Å². The Hall–Kier alpha value is -1.59. The minimum absolute atomic E-state index is 0.179. The zero-order chi connectivity index (χ0) is 16.4. The number of methoxy groups -OCH3 is 1. The van der Waals surface area contributed by atoms with Crippen LogP contribution in [0.15, 0.2) is 18.2 Å². The van der Waals surface area contributed by atoms with Crippen molar-refractivity contribution in [2.24, 2.45) is 0 Å². The molecule has 1 unspecified atom stereocenters. The zero-order valence-electron chi connectivity index (χ0n) is 14.0. The number of fused-ring (bicyclic) bond motifs is 1. The normalized spacial score (nSPS) is 17.6. The van der Waals surface area contributed by atoms with Crippen LogP contribution in [0, 0.1) is 6.92 Å². The molecule has 0 spiro atoms. The molecule has 1 aliphatic rings. The van der Waals surface area contributed by atoms with E-state index in [1.165, 1.54) is 0 Å². The fraction of sp³-hybridized carbons (Fsp3) is 0.500. The first-order chi connectivity index (χ1) is 11.2. The largest absolute Gasteiger partial charge is 0.497 e. The van der Waals surface area contributed by atoms with Gasteiger partial charge in [-0.15, -0.1) is 11.3 Å². The summed E-state index contributed by atoms with van der Waals surface area (Å²) in [4.78, 5) is 16.1. The molecular weight excluding hydrogens is 308 g/mol. The molecule has 124 valence electrons. The molecule has 0 radical (unpaired) electrons. The van der Waals surface area contributed by atoms with Gasteiger partial charge in [0.05, 0.1) is 12.0 Å².